The molecule has 0 saturated heterocycles. The molecule has 0 atom stereocenters. The van der Waals surface area contributed by atoms with Crippen LogP contribution >= 0.6 is 0 Å². The Bertz CT molecular complexity index is 512. The van der Waals surface area contributed by atoms with E-state index in [-0.39, 0.29) is 0 Å². The lowest BCUT2D eigenvalue weighted by Gasteiger charge is -2.08. The molecule has 2 aromatic rings. The molecule has 1 N–H and O–H groups in total. The fourth-order valence-corrected chi connectivity index (χ4v) is 1.39. The predicted molar refractivity (Wildman–Crippen MR) is 59.7 cm³/mol. The van der Waals surface area contributed by atoms with E-state index in [4.69, 9.17) is 9.78 Å². The first-order valence-corrected chi connectivity index (χ1v) is 4.92. The standard InChI is InChI=1S/C12H11N3O/c1-9-2-3-10(5-13)4-12(9)14-6-11-7-15-16-8-11/h2-4,7-8,14H,6H2,1H3. The zero-order valence-electron chi connectivity index (χ0n) is 8.90. The molecule has 0 aliphatic rings. The summed E-state index contributed by atoms with van der Waals surface area (Å²) in [4.78, 5) is 0. The van der Waals surface area contributed by atoms with Gasteiger partial charge in [0.2, 0.25) is 0 Å². The van der Waals surface area contributed by atoms with Crippen molar-refractivity contribution in [2.75, 3.05) is 5.32 Å². The molecule has 1 aromatic carbocycles. The van der Waals surface area contributed by atoms with Crippen LogP contribution in [0, 0.1) is 18.3 Å². The van der Waals surface area contributed by atoms with Crippen LogP contribution in [0.15, 0.2) is 35.2 Å². The molecule has 0 fully saturated rings. The number of hydrogen-bond donors (Lipinski definition) is 1. The fraction of sp³-hybridized carbons (Fsp3) is 0.167. The van der Waals surface area contributed by atoms with Crippen molar-refractivity contribution >= 4 is 5.69 Å². The molecule has 0 amide bonds. The molecule has 0 radical (unpaired) electrons. The van der Waals surface area contributed by atoms with E-state index in [1.54, 1.807) is 18.5 Å². The molecule has 2 rings (SSSR count). The monoisotopic (exact) mass is 213 g/mol. The summed E-state index contributed by atoms with van der Waals surface area (Å²) in [7, 11) is 0. The van der Waals surface area contributed by atoms with E-state index < -0.39 is 0 Å². The quantitative estimate of drug-likeness (QED) is 0.850. The van der Waals surface area contributed by atoms with Crippen LogP contribution in [0.3, 0.4) is 0 Å². The predicted octanol–water partition coefficient (Wildman–Crippen LogP) is 2.47. The van der Waals surface area contributed by atoms with E-state index >= 15 is 0 Å². The van der Waals surface area contributed by atoms with Gasteiger partial charge in [-0.25, -0.2) is 0 Å². The number of hydrogen-bond acceptors (Lipinski definition) is 4. The number of rotatable bonds is 3. The molecule has 4 heteroatoms. The van der Waals surface area contributed by atoms with Gasteiger partial charge >= 0.3 is 0 Å². The number of benzene rings is 1. The maximum atomic E-state index is 8.80. The zero-order valence-corrected chi connectivity index (χ0v) is 8.90. The van der Waals surface area contributed by atoms with Crippen LogP contribution in [0.2, 0.25) is 0 Å². The summed E-state index contributed by atoms with van der Waals surface area (Å²) in [5.74, 6) is 0. The Morgan fingerprint density at radius 3 is 3.06 bits per heavy atom. The average Bonchev–Trinajstić information content (AvgIpc) is 2.81. The number of nitrogens with zero attached hydrogens (tertiary/aromatic N) is 2. The summed E-state index contributed by atoms with van der Waals surface area (Å²) in [6.07, 6.45) is 3.26. The van der Waals surface area contributed by atoms with E-state index in [1.165, 1.54) is 0 Å². The Labute approximate surface area is 93.5 Å². The van der Waals surface area contributed by atoms with Gasteiger partial charge in [0, 0.05) is 17.8 Å². The van der Waals surface area contributed by atoms with Gasteiger partial charge < -0.3 is 9.84 Å². The normalized spacial score (nSPS) is 9.75. The maximum Gasteiger partial charge on any atom is 0.128 e. The molecule has 80 valence electrons. The molecular formula is C12H11N3O. The van der Waals surface area contributed by atoms with Crippen molar-refractivity contribution in [1.82, 2.24) is 5.16 Å². The molecule has 1 aromatic heterocycles. The van der Waals surface area contributed by atoms with Crippen LogP contribution in [0.25, 0.3) is 0 Å². The Morgan fingerprint density at radius 1 is 1.50 bits per heavy atom. The molecule has 16 heavy (non-hydrogen) atoms. The second kappa shape index (κ2) is 4.49. The van der Waals surface area contributed by atoms with Gasteiger partial charge in [0.25, 0.3) is 0 Å². The molecule has 0 spiro atoms. The lowest BCUT2D eigenvalue weighted by molar-refractivity contribution is 0.419. The number of anilines is 1. The topological polar surface area (TPSA) is 61.9 Å². The average molecular weight is 213 g/mol. The first kappa shape index (κ1) is 10.2. The minimum atomic E-state index is 0.638. The van der Waals surface area contributed by atoms with E-state index in [0.29, 0.717) is 12.1 Å². The third kappa shape index (κ3) is 2.20. The van der Waals surface area contributed by atoms with Gasteiger partial charge in [0.15, 0.2) is 0 Å². The summed E-state index contributed by atoms with van der Waals surface area (Å²) in [5, 5.41) is 15.7. The highest BCUT2D eigenvalue weighted by molar-refractivity contribution is 5.55. The van der Waals surface area contributed by atoms with Gasteiger partial charge in [-0.05, 0) is 24.6 Å². The van der Waals surface area contributed by atoms with Crippen LogP contribution in [0.1, 0.15) is 16.7 Å². The lowest BCUT2D eigenvalue weighted by atomic mass is 10.1. The number of aromatic nitrogens is 1. The van der Waals surface area contributed by atoms with Gasteiger partial charge in [-0.2, -0.15) is 5.26 Å². The SMILES string of the molecule is Cc1ccc(C#N)cc1NCc1cnoc1. The molecule has 0 saturated carbocycles. The van der Waals surface area contributed by atoms with Crippen molar-refractivity contribution in [3.8, 4) is 6.07 Å². The summed E-state index contributed by atoms with van der Waals surface area (Å²) in [6.45, 7) is 2.64. The molecule has 0 bridgehead atoms. The third-order valence-electron chi connectivity index (χ3n) is 2.33. The summed E-state index contributed by atoms with van der Waals surface area (Å²) in [6, 6.07) is 7.68. The third-order valence-corrected chi connectivity index (χ3v) is 2.33. The summed E-state index contributed by atoms with van der Waals surface area (Å²) < 4.78 is 4.74. The van der Waals surface area contributed by atoms with E-state index in [0.717, 1.165) is 16.8 Å². The Kier molecular flexibility index (Phi) is 2.88. The number of nitrogens with one attached hydrogen (secondary N) is 1. The minimum absolute atomic E-state index is 0.638. The lowest BCUT2D eigenvalue weighted by Crippen LogP contribution is -2.00. The fourth-order valence-electron chi connectivity index (χ4n) is 1.39. The first-order chi connectivity index (χ1) is 7.79. The second-order valence-corrected chi connectivity index (χ2v) is 3.53. The molecular weight excluding hydrogens is 202 g/mol. The van der Waals surface area contributed by atoms with Crippen molar-refractivity contribution in [3.63, 3.8) is 0 Å². The van der Waals surface area contributed by atoms with Crippen LogP contribution in [-0.4, -0.2) is 5.16 Å². The Balaban J connectivity index is 2.12. The molecule has 1 heterocycles. The van der Waals surface area contributed by atoms with Gasteiger partial charge in [-0.1, -0.05) is 11.2 Å². The summed E-state index contributed by atoms with van der Waals surface area (Å²) >= 11 is 0. The van der Waals surface area contributed by atoms with Gasteiger partial charge in [-0.15, -0.1) is 0 Å². The van der Waals surface area contributed by atoms with Crippen molar-refractivity contribution in [1.29, 1.82) is 5.26 Å². The molecule has 4 nitrogen and oxygen atoms in total. The Hall–Kier alpha value is -2.28. The van der Waals surface area contributed by atoms with E-state index in [9.17, 15) is 0 Å². The van der Waals surface area contributed by atoms with E-state index in [1.807, 2.05) is 19.1 Å². The van der Waals surface area contributed by atoms with Crippen molar-refractivity contribution in [2.24, 2.45) is 0 Å². The number of nitriles is 1. The highest BCUT2D eigenvalue weighted by atomic mass is 16.5. The zero-order chi connectivity index (χ0) is 11.4. The number of aryl methyl sites for hydroxylation is 1. The van der Waals surface area contributed by atoms with E-state index in [2.05, 4.69) is 16.5 Å². The van der Waals surface area contributed by atoms with Crippen LogP contribution < -0.4 is 5.32 Å². The van der Waals surface area contributed by atoms with Crippen molar-refractivity contribution in [2.45, 2.75) is 13.5 Å². The minimum Gasteiger partial charge on any atom is -0.381 e. The first-order valence-electron chi connectivity index (χ1n) is 4.92. The second-order valence-electron chi connectivity index (χ2n) is 3.53. The van der Waals surface area contributed by atoms with Gasteiger partial charge in [0.05, 0.1) is 17.8 Å². The van der Waals surface area contributed by atoms with Gasteiger partial charge in [0.1, 0.15) is 6.26 Å². The van der Waals surface area contributed by atoms with Gasteiger partial charge in [-0.3, -0.25) is 0 Å². The van der Waals surface area contributed by atoms with Crippen LogP contribution in [-0.2, 0) is 6.54 Å². The van der Waals surface area contributed by atoms with Crippen LogP contribution in [0.5, 0.6) is 0 Å². The van der Waals surface area contributed by atoms with Crippen molar-refractivity contribution in [3.05, 3.63) is 47.3 Å². The molecule has 0 unspecified atom stereocenters. The van der Waals surface area contributed by atoms with Crippen LogP contribution in [0.4, 0.5) is 5.69 Å². The highest BCUT2D eigenvalue weighted by Crippen LogP contribution is 2.17. The highest BCUT2D eigenvalue weighted by Gasteiger charge is 2.01. The van der Waals surface area contributed by atoms with Crippen molar-refractivity contribution < 1.29 is 4.52 Å². The molecule has 0 aliphatic carbocycles. The maximum absolute atomic E-state index is 8.80. The largest absolute Gasteiger partial charge is 0.381 e. The smallest absolute Gasteiger partial charge is 0.128 e. The Morgan fingerprint density at radius 2 is 2.38 bits per heavy atom. The summed E-state index contributed by atoms with van der Waals surface area (Å²) in [5.41, 5.74) is 3.69. The molecule has 0 aliphatic heterocycles.